The van der Waals surface area contributed by atoms with Gasteiger partial charge in [-0.25, -0.2) is 4.79 Å². The van der Waals surface area contributed by atoms with Crippen LogP contribution in [0.5, 0.6) is 0 Å². The van der Waals surface area contributed by atoms with Crippen molar-refractivity contribution < 1.29 is 14.7 Å². The van der Waals surface area contributed by atoms with Crippen LogP contribution in [0.4, 0.5) is 0 Å². The Morgan fingerprint density at radius 3 is 2.53 bits per heavy atom. The number of nitrogens with one attached hydrogen (secondary N) is 1. The number of hydrogen-bond donors (Lipinski definition) is 2. The van der Waals surface area contributed by atoms with Crippen molar-refractivity contribution in [1.29, 1.82) is 0 Å². The lowest BCUT2D eigenvalue weighted by molar-refractivity contribution is -0.142. The highest BCUT2D eigenvalue weighted by molar-refractivity contribution is 5.86. The number of amides is 1. The van der Waals surface area contributed by atoms with Crippen LogP contribution in [0.2, 0.25) is 0 Å². The molecule has 4 nitrogen and oxygen atoms in total. The van der Waals surface area contributed by atoms with Crippen molar-refractivity contribution in [2.24, 2.45) is 11.8 Å². The summed E-state index contributed by atoms with van der Waals surface area (Å²) in [4.78, 5) is 22.4. The van der Waals surface area contributed by atoms with Crippen LogP contribution in [-0.2, 0) is 9.59 Å². The van der Waals surface area contributed by atoms with Crippen LogP contribution >= 0.6 is 0 Å². The second-order valence-electron chi connectivity index (χ2n) is 4.36. The first-order chi connectivity index (χ1) is 7.06. The maximum Gasteiger partial charge on any atom is 0.326 e. The van der Waals surface area contributed by atoms with Crippen molar-refractivity contribution in [3.63, 3.8) is 0 Å². The number of carboxylic acid groups (broad SMARTS) is 1. The Labute approximate surface area is 90.0 Å². The number of carboxylic acids is 1. The molecule has 0 spiro atoms. The zero-order valence-corrected chi connectivity index (χ0v) is 9.32. The van der Waals surface area contributed by atoms with Crippen molar-refractivity contribution in [3.8, 4) is 0 Å². The van der Waals surface area contributed by atoms with Gasteiger partial charge in [0.1, 0.15) is 6.04 Å². The van der Waals surface area contributed by atoms with Crippen molar-refractivity contribution in [2.75, 3.05) is 0 Å². The lowest BCUT2D eigenvalue weighted by Gasteiger charge is -2.13. The van der Waals surface area contributed by atoms with Gasteiger partial charge in [-0.2, -0.15) is 0 Å². The van der Waals surface area contributed by atoms with Crippen molar-refractivity contribution in [2.45, 2.75) is 45.6 Å². The predicted octanol–water partition coefficient (Wildman–Crippen LogP) is 1.40. The Balaban J connectivity index is 2.36. The first-order valence-corrected chi connectivity index (χ1v) is 5.59. The quantitative estimate of drug-likeness (QED) is 0.701. The van der Waals surface area contributed by atoms with Crippen LogP contribution in [0.25, 0.3) is 0 Å². The second kappa shape index (κ2) is 5.14. The maximum atomic E-state index is 11.5. The highest BCUT2D eigenvalue weighted by atomic mass is 16.4. The van der Waals surface area contributed by atoms with E-state index in [1.54, 1.807) is 0 Å². The van der Waals surface area contributed by atoms with Crippen LogP contribution in [0, 0.1) is 11.8 Å². The molecule has 0 aromatic rings. The Kier molecular flexibility index (Phi) is 4.12. The van der Waals surface area contributed by atoms with E-state index in [1.165, 1.54) is 0 Å². The van der Waals surface area contributed by atoms with Crippen LogP contribution in [0.3, 0.4) is 0 Å². The van der Waals surface area contributed by atoms with Gasteiger partial charge in [0.2, 0.25) is 5.91 Å². The normalized spacial score (nSPS) is 25.7. The van der Waals surface area contributed by atoms with E-state index in [1.807, 2.05) is 13.8 Å². The van der Waals surface area contributed by atoms with Gasteiger partial charge in [0, 0.05) is 5.92 Å². The minimum absolute atomic E-state index is 0.0495. The number of carbonyl (C=O) groups is 2. The summed E-state index contributed by atoms with van der Waals surface area (Å²) >= 11 is 0. The molecule has 0 saturated heterocycles. The summed E-state index contributed by atoms with van der Waals surface area (Å²) in [5, 5.41) is 11.5. The third-order valence-corrected chi connectivity index (χ3v) is 2.91. The summed E-state index contributed by atoms with van der Waals surface area (Å²) < 4.78 is 0. The first-order valence-electron chi connectivity index (χ1n) is 5.59. The van der Waals surface area contributed by atoms with Gasteiger partial charge in [-0.3, -0.25) is 4.79 Å². The van der Waals surface area contributed by atoms with Crippen LogP contribution in [-0.4, -0.2) is 23.0 Å². The molecule has 1 amide bonds. The minimum atomic E-state index is -0.926. The van der Waals surface area contributed by atoms with E-state index in [0.717, 1.165) is 19.3 Å². The van der Waals surface area contributed by atoms with Crippen LogP contribution in [0.1, 0.15) is 39.5 Å². The molecule has 86 valence electrons. The fourth-order valence-electron chi connectivity index (χ4n) is 1.63. The van der Waals surface area contributed by atoms with E-state index >= 15 is 0 Å². The first kappa shape index (κ1) is 12.0. The van der Waals surface area contributed by atoms with Crippen molar-refractivity contribution >= 4 is 11.9 Å². The van der Waals surface area contributed by atoms with E-state index < -0.39 is 12.0 Å². The third-order valence-electron chi connectivity index (χ3n) is 2.91. The summed E-state index contributed by atoms with van der Waals surface area (Å²) in [5.74, 6) is -0.546. The highest BCUT2D eigenvalue weighted by Gasteiger charge is 2.40. The summed E-state index contributed by atoms with van der Waals surface area (Å²) in [6.45, 7) is 4.01. The molecule has 0 aliphatic heterocycles. The molecule has 1 fully saturated rings. The average molecular weight is 213 g/mol. The number of carbonyl (C=O) groups excluding carboxylic acids is 1. The molecule has 4 heteroatoms. The summed E-state index contributed by atoms with van der Waals surface area (Å²) in [7, 11) is 0. The molecule has 2 unspecified atom stereocenters. The average Bonchev–Trinajstić information content (AvgIpc) is 2.89. The molecule has 1 aliphatic carbocycles. The molecule has 1 aliphatic rings. The van der Waals surface area contributed by atoms with E-state index in [-0.39, 0.29) is 11.8 Å². The number of rotatable bonds is 6. The fraction of sp³-hybridized carbons (Fsp3) is 0.818. The Morgan fingerprint density at radius 2 is 2.13 bits per heavy atom. The summed E-state index contributed by atoms with van der Waals surface area (Å²) in [5.41, 5.74) is 0. The Morgan fingerprint density at radius 1 is 1.53 bits per heavy atom. The SMILES string of the molecule is CCCC[C@H](NC(=O)C1CC1C)C(=O)O. The molecular weight excluding hydrogens is 194 g/mol. The van der Waals surface area contributed by atoms with E-state index in [9.17, 15) is 9.59 Å². The maximum absolute atomic E-state index is 11.5. The summed E-state index contributed by atoms with van der Waals surface area (Å²) in [6.07, 6.45) is 3.20. The van der Waals surface area contributed by atoms with Gasteiger partial charge < -0.3 is 10.4 Å². The van der Waals surface area contributed by atoms with E-state index in [2.05, 4.69) is 5.32 Å². The van der Waals surface area contributed by atoms with E-state index in [0.29, 0.717) is 12.3 Å². The topological polar surface area (TPSA) is 66.4 Å². The number of unbranched alkanes of at least 4 members (excludes halogenated alkanes) is 1. The van der Waals surface area contributed by atoms with Gasteiger partial charge in [0.15, 0.2) is 0 Å². The monoisotopic (exact) mass is 213 g/mol. The van der Waals surface area contributed by atoms with Gasteiger partial charge in [-0.05, 0) is 18.8 Å². The fourth-order valence-corrected chi connectivity index (χ4v) is 1.63. The lowest BCUT2D eigenvalue weighted by Crippen LogP contribution is -2.41. The van der Waals surface area contributed by atoms with Crippen molar-refractivity contribution in [1.82, 2.24) is 5.32 Å². The van der Waals surface area contributed by atoms with Gasteiger partial charge in [0.05, 0.1) is 0 Å². The molecule has 1 saturated carbocycles. The van der Waals surface area contributed by atoms with Crippen LogP contribution < -0.4 is 5.32 Å². The standard InChI is InChI=1S/C11H19NO3/c1-3-4-5-9(11(14)15)12-10(13)8-6-7(8)2/h7-9H,3-6H2,1-2H3,(H,12,13)(H,14,15)/t7?,8?,9-/m0/s1. The van der Waals surface area contributed by atoms with Crippen molar-refractivity contribution in [3.05, 3.63) is 0 Å². The van der Waals surface area contributed by atoms with Crippen LogP contribution in [0.15, 0.2) is 0 Å². The second-order valence-corrected chi connectivity index (χ2v) is 4.36. The van der Waals surface area contributed by atoms with Gasteiger partial charge >= 0.3 is 5.97 Å². The van der Waals surface area contributed by atoms with Gasteiger partial charge in [-0.15, -0.1) is 0 Å². The Bertz CT molecular complexity index is 252. The lowest BCUT2D eigenvalue weighted by atomic mass is 10.1. The summed E-state index contributed by atoms with van der Waals surface area (Å²) in [6, 6.07) is -0.703. The molecule has 0 aromatic heterocycles. The smallest absolute Gasteiger partial charge is 0.326 e. The molecule has 0 bridgehead atoms. The third kappa shape index (κ3) is 3.53. The minimum Gasteiger partial charge on any atom is -0.480 e. The molecule has 3 atom stereocenters. The zero-order valence-electron chi connectivity index (χ0n) is 9.32. The van der Waals surface area contributed by atoms with E-state index in [4.69, 9.17) is 5.11 Å². The number of aliphatic carboxylic acids is 1. The zero-order chi connectivity index (χ0) is 11.4. The molecule has 15 heavy (non-hydrogen) atoms. The number of hydrogen-bond acceptors (Lipinski definition) is 2. The highest BCUT2D eigenvalue weighted by Crippen LogP contribution is 2.37. The molecule has 2 N–H and O–H groups in total. The largest absolute Gasteiger partial charge is 0.480 e. The molecular formula is C11H19NO3. The molecule has 0 aromatic carbocycles. The molecule has 0 heterocycles. The van der Waals surface area contributed by atoms with Gasteiger partial charge in [0.25, 0.3) is 0 Å². The molecule has 0 radical (unpaired) electrons. The Hall–Kier alpha value is -1.06. The molecule has 1 rings (SSSR count). The predicted molar refractivity (Wildman–Crippen MR) is 56.4 cm³/mol. The van der Waals surface area contributed by atoms with Gasteiger partial charge in [-0.1, -0.05) is 26.7 Å².